The summed E-state index contributed by atoms with van der Waals surface area (Å²) in [5.41, 5.74) is -0.408. The van der Waals surface area contributed by atoms with Crippen molar-refractivity contribution in [2.75, 3.05) is 29.9 Å². The van der Waals surface area contributed by atoms with E-state index in [9.17, 15) is 54.3 Å². The van der Waals surface area contributed by atoms with Crippen LogP contribution in [0.1, 0.15) is 6.92 Å². The van der Waals surface area contributed by atoms with E-state index >= 15 is 0 Å². The standard InChI is InChI=1S/C19H18F8N4O4/c1-9(13(32)28-8-17(20,21)19(25,26)27)14(33)29-10-7-31(16(35)18(22,23)24)12-6-4-3-5-11(12)30(2)15(10)34/h3-6,9-10H,7-8H2,1-2H3,(H,28,32)(H,29,33). The molecule has 1 aliphatic heterocycles. The first kappa shape index (κ1) is 27.8. The molecule has 16 heteroatoms. The minimum atomic E-state index is -5.97. The van der Waals surface area contributed by atoms with Gasteiger partial charge >= 0.3 is 24.2 Å². The Labute approximate surface area is 192 Å². The number of rotatable bonds is 5. The lowest BCUT2D eigenvalue weighted by Gasteiger charge is -2.26. The molecule has 0 aliphatic carbocycles. The number of nitrogens with one attached hydrogen (secondary N) is 2. The number of hydrogen-bond donors (Lipinski definition) is 2. The third kappa shape index (κ3) is 5.97. The van der Waals surface area contributed by atoms with Crippen LogP contribution in [-0.4, -0.2) is 68.1 Å². The Hall–Kier alpha value is -3.46. The Kier molecular flexibility index (Phi) is 7.66. The lowest BCUT2D eigenvalue weighted by molar-refractivity contribution is -0.278. The predicted octanol–water partition coefficient (Wildman–Crippen LogP) is 1.99. The van der Waals surface area contributed by atoms with E-state index in [0.717, 1.165) is 24.9 Å². The van der Waals surface area contributed by atoms with Crippen LogP contribution >= 0.6 is 0 Å². The molecule has 4 amide bonds. The molecular weight excluding hydrogens is 500 g/mol. The van der Waals surface area contributed by atoms with Crippen LogP contribution in [0.2, 0.25) is 0 Å². The van der Waals surface area contributed by atoms with Crippen molar-refractivity contribution >= 4 is 35.0 Å². The summed E-state index contributed by atoms with van der Waals surface area (Å²) < 4.78 is 102. The smallest absolute Gasteiger partial charge is 0.349 e. The monoisotopic (exact) mass is 518 g/mol. The van der Waals surface area contributed by atoms with E-state index in [4.69, 9.17) is 0 Å². The largest absolute Gasteiger partial charge is 0.471 e. The second-order valence-corrected chi connectivity index (χ2v) is 7.50. The normalized spacial score (nSPS) is 17.9. The Morgan fingerprint density at radius 1 is 1.00 bits per heavy atom. The number of carbonyl (C=O) groups excluding carboxylic acids is 4. The van der Waals surface area contributed by atoms with E-state index in [1.807, 2.05) is 5.32 Å². The van der Waals surface area contributed by atoms with Crippen molar-refractivity contribution in [3.63, 3.8) is 0 Å². The summed E-state index contributed by atoms with van der Waals surface area (Å²) in [6, 6.07) is 3.23. The highest BCUT2D eigenvalue weighted by atomic mass is 19.4. The summed E-state index contributed by atoms with van der Waals surface area (Å²) in [5, 5.41) is 3.22. The number of fused-ring (bicyclic) bond motifs is 1. The summed E-state index contributed by atoms with van der Waals surface area (Å²) in [4.78, 5) is 50.2. The predicted molar refractivity (Wildman–Crippen MR) is 103 cm³/mol. The molecule has 1 aromatic rings. The molecule has 0 aromatic heterocycles. The molecule has 194 valence electrons. The molecule has 2 atom stereocenters. The van der Waals surface area contributed by atoms with Crippen molar-refractivity contribution in [2.45, 2.75) is 31.2 Å². The van der Waals surface area contributed by atoms with Crippen molar-refractivity contribution in [3.05, 3.63) is 24.3 Å². The van der Waals surface area contributed by atoms with Gasteiger partial charge in [-0.3, -0.25) is 24.1 Å². The zero-order valence-electron chi connectivity index (χ0n) is 17.9. The SMILES string of the molecule is CC(C(=O)NCC(F)(F)C(F)(F)F)C(=O)NC1CN(C(=O)C(F)(F)F)c2ccccc2N(C)C1=O. The molecule has 0 bridgehead atoms. The lowest BCUT2D eigenvalue weighted by Crippen LogP contribution is -2.56. The summed E-state index contributed by atoms with van der Waals surface area (Å²) >= 11 is 0. The quantitative estimate of drug-likeness (QED) is 0.460. The first-order valence-corrected chi connectivity index (χ1v) is 9.66. The maximum atomic E-state index is 13.2. The van der Waals surface area contributed by atoms with Crippen molar-refractivity contribution in [2.24, 2.45) is 5.92 Å². The molecule has 2 N–H and O–H groups in total. The van der Waals surface area contributed by atoms with Gasteiger partial charge in [0.15, 0.2) is 0 Å². The zero-order chi connectivity index (χ0) is 26.9. The molecule has 2 unspecified atom stereocenters. The maximum Gasteiger partial charge on any atom is 0.471 e. The first-order valence-electron chi connectivity index (χ1n) is 9.66. The number of likely N-dealkylation sites (N-methyl/N-ethyl adjacent to an activating group) is 1. The number of halogens is 8. The van der Waals surface area contributed by atoms with Gasteiger partial charge in [-0.2, -0.15) is 35.1 Å². The van der Waals surface area contributed by atoms with Crippen molar-refractivity contribution in [1.82, 2.24) is 10.6 Å². The van der Waals surface area contributed by atoms with Gasteiger partial charge in [-0.15, -0.1) is 0 Å². The molecule has 0 spiro atoms. The van der Waals surface area contributed by atoms with Gasteiger partial charge in [0.25, 0.3) is 5.91 Å². The van der Waals surface area contributed by atoms with Crippen LogP contribution in [0.15, 0.2) is 24.3 Å². The van der Waals surface area contributed by atoms with Crippen molar-refractivity contribution < 1.29 is 54.3 Å². The molecule has 1 aromatic carbocycles. The number of nitrogens with zero attached hydrogens (tertiary/aromatic N) is 2. The molecular formula is C19H18F8N4O4. The number of benzene rings is 1. The highest BCUT2D eigenvalue weighted by molar-refractivity contribution is 6.09. The summed E-state index contributed by atoms with van der Waals surface area (Å²) in [5.74, 6) is -13.5. The van der Waals surface area contributed by atoms with Crippen LogP contribution < -0.4 is 20.4 Å². The Bertz CT molecular complexity index is 1010. The zero-order valence-corrected chi connectivity index (χ0v) is 17.9. The number of hydrogen-bond acceptors (Lipinski definition) is 4. The highest BCUT2D eigenvalue weighted by Gasteiger charge is 2.57. The van der Waals surface area contributed by atoms with Crippen LogP contribution in [0.4, 0.5) is 46.5 Å². The minimum Gasteiger partial charge on any atom is -0.349 e. The number of anilines is 2. The topological polar surface area (TPSA) is 98.8 Å². The number of amides is 4. The lowest BCUT2D eigenvalue weighted by atomic mass is 10.1. The van der Waals surface area contributed by atoms with Crippen molar-refractivity contribution in [3.8, 4) is 0 Å². The fraction of sp³-hybridized carbons (Fsp3) is 0.474. The molecule has 0 saturated heterocycles. The molecule has 2 rings (SSSR count). The van der Waals surface area contributed by atoms with Gasteiger partial charge in [0.1, 0.15) is 12.0 Å². The van der Waals surface area contributed by atoms with Gasteiger partial charge < -0.3 is 15.5 Å². The average Bonchev–Trinajstić information content (AvgIpc) is 2.85. The fourth-order valence-corrected chi connectivity index (χ4v) is 3.01. The molecule has 1 heterocycles. The average molecular weight is 518 g/mol. The molecule has 0 saturated carbocycles. The molecule has 0 radical (unpaired) electrons. The number of alkyl halides is 8. The molecule has 1 aliphatic rings. The number of carbonyl (C=O) groups is 4. The molecule has 35 heavy (non-hydrogen) atoms. The van der Waals surface area contributed by atoms with E-state index in [-0.39, 0.29) is 16.3 Å². The minimum absolute atomic E-state index is 0.105. The van der Waals surface area contributed by atoms with Crippen LogP contribution in [0, 0.1) is 5.92 Å². The van der Waals surface area contributed by atoms with Gasteiger partial charge in [0.05, 0.1) is 24.5 Å². The van der Waals surface area contributed by atoms with Gasteiger partial charge in [-0.05, 0) is 19.1 Å². The summed E-state index contributed by atoms with van der Waals surface area (Å²) in [7, 11) is 1.15. The Morgan fingerprint density at radius 3 is 2.06 bits per heavy atom. The Balaban J connectivity index is 2.24. The molecule has 0 fully saturated rings. The Morgan fingerprint density at radius 2 is 1.54 bits per heavy atom. The van der Waals surface area contributed by atoms with Crippen LogP contribution in [0.3, 0.4) is 0 Å². The first-order chi connectivity index (χ1) is 15.9. The van der Waals surface area contributed by atoms with Crippen LogP contribution in [0.25, 0.3) is 0 Å². The van der Waals surface area contributed by atoms with E-state index in [1.54, 1.807) is 0 Å². The third-order valence-corrected chi connectivity index (χ3v) is 5.02. The van der Waals surface area contributed by atoms with E-state index in [2.05, 4.69) is 0 Å². The van der Waals surface area contributed by atoms with E-state index in [0.29, 0.717) is 0 Å². The second-order valence-electron chi connectivity index (χ2n) is 7.50. The van der Waals surface area contributed by atoms with Gasteiger partial charge in [-0.1, -0.05) is 12.1 Å². The third-order valence-electron chi connectivity index (χ3n) is 5.02. The summed E-state index contributed by atoms with van der Waals surface area (Å²) in [6.07, 6.45) is -11.3. The van der Waals surface area contributed by atoms with Gasteiger partial charge in [0, 0.05) is 7.05 Å². The summed E-state index contributed by atoms with van der Waals surface area (Å²) in [6.45, 7) is -2.36. The second kappa shape index (κ2) is 9.65. The van der Waals surface area contributed by atoms with E-state index < -0.39 is 67.0 Å². The van der Waals surface area contributed by atoms with Gasteiger partial charge in [-0.25, -0.2) is 0 Å². The van der Waals surface area contributed by atoms with Crippen LogP contribution in [0.5, 0.6) is 0 Å². The fourth-order valence-electron chi connectivity index (χ4n) is 3.01. The van der Waals surface area contributed by atoms with Gasteiger partial charge in [0.2, 0.25) is 11.8 Å². The van der Waals surface area contributed by atoms with Crippen molar-refractivity contribution in [1.29, 1.82) is 0 Å². The highest BCUT2D eigenvalue weighted by Crippen LogP contribution is 2.35. The van der Waals surface area contributed by atoms with E-state index in [1.165, 1.54) is 23.5 Å². The maximum absolute atomic E-state index is 13.2. The molecule has 8 nitrogen and oxygen atoms in total. The number of para-hydroxylation sites is 2. The van der Waals surface area contributed by atoms with Crippen LogP contribution in [-0.2, 0) is 19.2 Å².